The molecule has 0 heterocycles. The molecular formula is C8H12Cl2O6. The predicted molar refractivity (Wildman–Crippen MR) is 55.8 cm³/mol. The van der Waals surface area contributed by atoms with Crippen molar-refractivity contribution in [3.8, 4) is 0 Å². The molecule has 0 aromatic carbocycles. The molecule has 0 spiro atoms. The third-order valence-corrected chi connectivity index (χ3v) is 2.86. The third kappa shape index (κ3) is 4.98. The summed E-state index contributed by atoms with van der Waals surface area (Å²) in [7, 11) is 0. The summed E-state index contributed by atoms with van der Waals surface area (Å²) >= 11 is 10.6. The van der Waals surface area contributed by atoms with E-state index in [1.165, 1.54) is 0 Å². The van der Waals surface area contributed by atoms with Gasteiger partial charge in [0.25, 0.3) is 0 Å². The number of hydrogen-bond donors (Lipinski definition) is 4. The lowest BCUT2D eigenvalue weighted by Gasteiger charge is -2.17. The van der Waals surface area contributed by atoms with Crippen LogP contribution in [-0.4, -0.2) is 55.3 Å². The highest BCUT2D eigenvalue weighted by atomic mass is 35.5. The van der Waals surface area contributed by atoms with E-state index in [2.05, 4.69) is 0 Å². The summed E-state index contributed by atoms with van der Waals surface area (Å²) in [6.07, 6.45) is -3.05. The lowest BCUT2D eigenvalue weighted by molar-refractivity contribution is -0.140. The van der Waals surface area contributed by atoms with Crippen LogP contribution in [0.25, 0.3) is 0 Å². The summed E-state index contributed by atoms with van der Waals surface area (Å²) in [6, 6.07) is 0. The number of carboxylic acid groups (broad SMARTS) is 2. The van der Waals surface area contributed by atoms with E-state index in [9.17, 15) is 19.8 Å². The van der Waals surface area contributed by atoms with Crippen molar-refractivity contribution in [2.45, 2.75) is 35.8 Å². The van der Waals surface area contributed by atoms with Crippen molar-refractivity contribution >= 4 is 35.1 Å². The van der Waals surface area contributed by atoms with Crippen molar-refractivity contribution in [3.63, 3.8) is 0 Å². The molecule has 94 valence electrons. The van der Waals surface area contributed by atoms with E-state index in [0.717, 1.165) is 0 Å². The number of hydrogen-bond acceptors (Lipinski definition) is 4. The second-order valence-corrected chi connectivity index (χ2v) is 4.13. The molecule has 0 saturated carbocycles. The Bertz CT molecular complexity index is 233. The average molecular weight is 275 g/mol. The number of aliphatic hydroxyl groups is 2. The van der Waals surface area contributed by atoms with Gasteiger partial charge in [0, 0.05) is 0 Å². The van der Waals surface area contributed by atoms with E-state index in [4.69, 9.17) is 33.4 Å². The fourth-order valence-corrected chi connectivity index (χ4v) is 1.22. The van der Waals surface area contributed by atoms with Gasteiger partial charge in [-0.05, 0) is 12.8 Å². The van der Waals surface area contributed by atoms with Gasteiger partial charge in [-0.2, -0.15) is 0 Å². The molecular weight excluding hydrogens is 263 g/mol. The summed E-state index contributed by atoms with van der Waals surface area (Å²) in [5.41, 5.74) is 0. The minimum atomic E-state index is -1.49. The number of alkyl halides is 2. The van der Waals surface area contributed by atoms with Crippen molar-refractivity contribution in [2.75, 3.05) is 0 Å². The van der Waals surface area contributed by atoms with E-state index in [1.54, 1.807) is 0 Å². The Morgan fingerprint density at radius 3 is 1.31 bits per heavy atom. The van der Waals surface area contributed by atoms with Gasteiger partial charge >= 0.3 is 11.9 Å². The first kappa shape index (κ1) is 15.4. The molecule has 4 unspecified atom stereocenters. The Morgan fingerprint density at radius 2 is 1.12 bits per heavy atom. The molecule has 16 heavy (non-hydrogen) atoms. The second kappa shape index (κ2) is 6.90. The van der Waals surface area contributed by atoms with Crippen molar-refractivity contribution in [2.24, 2.45) is 0 Å². The molecule has 4 atom stereocenters. The van der Waals surface area contributed by atoms with Gasteiger partial charge in [-0.1, -0.05) is 0 Å². The highest BCUT2D eigenvalue weighted by Gasteiger charge is 2.28. The van der Waals surface area contributed by atoms with Crippen LogP contribution in [0, 0.1) is 0 Å². The number of rotatable bonds is 7. The summed E-state index contributed by atoms with van der Waals surface area (Å²) < 4.78 is 0. The monoisotopic (exact) mass is 274 g/mol. The van der Waals surface area contributed by atoms with Crippen LogP contribution in [-0.2, 0) is 9.59 Å². The van der Waals surface area contributed by atoms with E-state index >= 15 is 0 Å². The maximum absolute atomic E-state index is 10.4. The van der Waals surface area contributed by atoms with Crippen LogP contribution in [0.1, 0.15) is 12.8 Å². The molecule has 0 aliphatic heterocycles. The van der Waals surface area contributed by atoms with Gasteiger partial charge in [-0.25, -0.2) is 0 Å². The molecule has 0 amide bonds. The summed E-state index contributed by atoms with van der Waals surface area (Å²) in [4.78, 5) is 20.7. The maximum atomic E-state index is 10.4. The van der Waals surface area contributed by atoms with Crippen molar-refractivity contribution in [1.82, 2.24) is 0 Å². The van der Waals surface area contributed by atoms with Crippen LogP contribution >= 0.6 is 23.2 Å². The lowest BCUT2D eigenvalue weighted by atomic mass is 10.1. The largest absolute Gasteiger partial charge is 0.480 e. The SMILES string of the molecule is O=C(O)C(Cl)C(O)CCC(O)C(Cl)C(=O)O. The summed E-state index contributed by atoms with van der Waals surface area (Å²) in [5, 5.41) is 32.4. The molecule has 0 radical (unpaired) electrons. The molecule has 0 bridgehead atoms. The van der Waals surface area contributed by atoms with Gasteiger partial charge in [0.15, 0.2) is 10.8 Å². The van der Waals surface area contributed by atoms with Gasteiger partial charge in [0.05, 0.1) is 12.2 Å². The Kier molecular flexibility index (Phi) is 6.66. The zero-order chi connectivity index (χ0) is 12.9. The quantitative estimate of drug-likeness (QED) is 0.481. The van der Waals surface area contributed by atoms with Crippen LogP contribution in [0.5, 0.6) is 0 Å². The number of aliphatic hydroxyl groups excluding tert-OH is 2. The minimum absolute atomic E-state index is 0.155. The molecule has 0 aromatic heterocycles. The highest BCUT2D eigenvalue weighted by molar-refractivity contribution is 6.30. The second-order valence-electron chi connectivity index (χ2n) is 3.19. The Morgan fingerprint density at radius 1 is 0.875 bits per heavy atom. The molecule has 6 nitrogen and oxygen atoms in total. The van der Waals surface area contributed by atoms with Crippen LogP contribution in [0.15, 0.2) is 0 Å². The molecule has 4 N–H and O–H groups in total. The van der Waals surface area contributed by atoms with Gasteiger partial charge in [0.2, 0.25) is 0 Å². The van der Waals surface area contributed by atoms with Crippen molar-refractivity contribution in [1.29, 1.82) is 0 Å². The van der Waals surface area contributed by atoms with Crippen LogP contribution in [0.3, 0.4) is 0 Å². The van der Waals surface area contributed by atoms with Gasteiger partial charge in [-0.3, -0.25) is 9.59 Å². The number of halogens is 2. The van der Waals surface area contributed by atoms with E-state index in [0.29, 0.717) is 0 Å². The predicted octanol–water partition coefficient (Wildman–Crippen LogP) is -0.128. The Hall–Kier alpha value is -0.560. The number of carboxylic acids is 2. The summed E-state index contributed by atoms with van der Waals surface area (Å²) in [5.74, 6) is -2.77. The molecule has 8 heteroatoms. The van der Waals surface area contributed by atoms with Crippen LogP contribution in [0.2, 0.25) is 0 Å². The lowest BCUT2D eigenvalue weighted by Crippen LogP contribution is -2.33. The number of aliphatic carboxylic acids is 2. The molecule has 0 fully saturated rings. The molecule has 0 saturated heterocycles. The summed E-state index contributed by atoms with van der Waals surface area (Å²) in [6.45, 7) is 0. The first-order valence-electron chi connectivity index (χ1n) is 4.37. The molecule has 0 aliphatic rings. The van der Waals surface area contributed by atoms with Crippen LogP contribution < -0.4 is 0 Å². The molecule has 0 aromatic rings. The van der Waals surface area contributed by atoms with Crippen LogP contribution in [0.4, 0.5) is 0 Å². The van der Waals surface area contributed by atoms with E-state index in [1.807, 2.05) is 0 Å². The zero-order valence-electron chi connectivity index (χ0n) is 8.08. The normalized spacial score (nSPS) is 18.5. The Balaban J connectivity index is 4.05. The van der Waals surface area contributed by atoms with Crippen molar-refractivity contribution < 1.29 is 30.0 Å². The zero-order valence-corrected chi connectivity index (χ0v) is 9.60. The molecule has 0 aliphatic carbocycles. The van der Waals surface area contributed by atoms with Gasteiger partial charge in [0.1, 0.15) is 0 Å². The first-order valence-corrected chi connectivity index (χ1v) is 5.24. The van der Waals surface area contributed by atoms with Gasteiger partial charge in [-0.15, -0.1) is 23.2 Å². The fourth-order valence-electron chi connectivity index (χ4n) is 0.963. The fraction of sp³-hybridized carbons (Fsp3) is 0.750. The first-order chi connectivity index (χ1) is 7.27. The number of carbonyl (C=O) groups is 2. The topological polar surface area (TPSA) is 115 Å². The van der Waals surface area contributed by atoms with E-state index in [-0.39, 0.29) is 12.8 Å². The van der Waals surface area contributed by atoms with E-state index < -0.39 is 34.9 Å². The smallest absolute Gasteiger partial charge is 0.324 e. The standard InChI is InChI=1S/C8H12Cl2O6/c9-5(7(13)14)3(11)1-2-4(12)6(10)8(15)16/h3-6,11-12H,1-2H2,(H,13,14)(H,15,16). The maximum Gasteiger partial charge on any atom is 0.324 e. The minimum Gasteiger partial charge on any atom is -0.480 e. The third-order valence-electron chi connectivity index (χ3n) is 1.91. The Labute approximate surface area is 101 Å². The average Bonchev–Trinajstić information content (AvgIpc) is 2.22. The molecule has 0 rings (SSSR count). The van der Waals surface area contributed by atoms with Gasteiger partial charge < -0.3 is 20.4 Å². The van der Waals surface area contributed by atoms with Crippen molar-refractivity contribution in [3.05, 3.63) is 0 Å². The highest BCUT2D eigenvalue weighted by Crippen LogP contribution is 2.14.